The summed E-state index contributed by atoms with van der Waals surface area (Å²) < 4.78 is 7.35. The molecule has 1 aromatic carbocycles. The lowest BCUT2D eigenvalue weighted by Gasteiger charge is -2.44. The molecule has 2 fully saturated rings. The Labute approximate surface area is 173 Å². The van der Waals surface area contributed by atoms with Crippen molar-refractivity contribution in [2.45, 2.75) is 52.0 Å². The van der Waals surface area contributed by atoms with Gasteiger partial charge in [-0.1, -0.05) is 6.42 Å². The number of amides is 1. The number of methoxy groups -OCH3 is 1. The zero-order valence-corrected chi connectivity index (χ0v) is 17.8. The molecule has 156 valence electrons. The van der Waals surface area contributed by atoms with E-state index in [0.29, 0.717) is 23.3 Å². The lowest BCUT2D eigenvalue weighted by atomic mass is 9.83. The van der Waals surface area contributed by atoms with E-state index in [-0.39, 0.29) is 5.91 Å². The van der Waals surface area contributed by atoms with Crippen LogP contribution in [-0.4, -0.2) is 53.4 Å². The van der Waals surface area contributed by atoms with Gasteiger partial charge in [0.1, 0.15) is 11.4 Å². The van der Waals surface area contributed by atoms with Crippen molar-refractivity contribution < 1.29 is 9.53 Å². The number of aryl methyl sites for hydroxylation is 2. The number of nitrogens with zero attached hydrogens (tertiary/aromatic N) is 3. The summed E-state index contributed by atoms with van der Waals surface area (Å²) in [7, 11) is 1.64. The molecule has 2 aliphatic heterocycles. The summed E-state index contributed by atoms with van der Waals surface area (Å²) in [5, 5.41) is 7.76. The molecule has 6 nitrogen and oxygen atoms in total. The molecule has 6 heteroatoms. The summed E-state index contributed by atoms with van der Waals surface area (Å²) in [4.78, 5) is 15.6. The molecule has 3 heterocycles. The molecule has 0 bridgehead atoms. The van der Waals surface area contributed by atoms with Crippen LogP contribution in [0.5, 0.6) is 5.75 Å². The predicted octanol–water partition coefficient (Wildman–Crippen LogP) is 3.49. The first-order valence-electron chi connectivity index (χ1n) is 10.8. The maximum absolute atomic E-state index is 12.9. The molecule has 0 unspecified atom stereocenters. The van der Waals surface area contributed by atoms with Crippen molar-refractivity contribution in [1.82, 2.24) is 20.0 Å². The van der Waals surface area contributed by atoms with Crippen LogP contribution in [0.3, 0.4) is 0 Å². The number of aromatic nitrogens is 2. The van der Waals surface area contributed by atoms with Crippen molar-refractivity contribution in [3.05, 3.63) is 41.2 Å². The van der Waals surface area contributed by atoms with Gasteiger partial charge < -0.3 is 15.0 Å². The lowest BCUT2D eigenvalue weighted by Crippen LogP contribution is -2.51. The Morgan fingerprint density at radius 3 is 2.76 bits per heavy atom. The average Bonchev–Trinajstić information content (AvgIpc) is 3.09. The van der Waals surface area contributed by atoms with Gasteiger partial charge in [0.15, 0.2) is 0 Å². The normalized spacial score (nSPS) is 22.2. The van der Waals surface area contributed by atoms with Crippen LogP contribution in [0.15, 0.2) is 24.3 Å². The van der Waals surface area contributed by atoms with Crippen molar-refractivity contribution in [3.8, 4) is 11.4 Å². The van der Waals surface area contributed by atoms with Crippen LogP contribution in [0.4, 0.5) is 0 Å². The number of benzene rings is 1. The summed E-state index contributed by atoms with van der Waals surface area (Å²) in [6.07, 6.45) is 6.35. The highest BCUT2D eigenvalue weighted by atomic mass is 16.5. The Kier molecular flexibility index (Phi) is 5.90. The molecule has 2 atom stereocenters. The second-order valence-electron chi connectivity index (χ2n) is 8.44. The van der Waals surface area contributed by atoms with E-state index in [1.165, 1.54) is 45.2 Å². The zero-order chi connectivity index (χ0) is 20.4. The van der Waals surface area contributed by atoms with Crippen molar-refractivity contribution in [2.24, 2.45) is 5.92 Å². The van der Waals surface area contributed by atoms with Crippen molar-refractivity contribution in [3.63, 3.8) is 0 Å². The van der Waals surface area contributed by atoms with E-state index < -0.39 is 0 Å². The van der Waals surface area contributed by atoms with Crippen molar-refractivity contribution in [1.29, 1.82) is 0 Å². The van der Waals surface area contributed by atoms with Crippen LogP contribution < -0.4 is 10.1 Å². The van der Waals surface area contributed by atoms with E-state index in [9.17, 15) is 4.79 Å². The number of hydrogen-bond donors (Lipinski definition) is 1. The number of carbonyl (C=O) groups excluding carboxylic acids is 1. The first-order valence-corrected chi connectivity index (χ1v) is 10.8. The number of carbonyl (C=O) groups is 1. The highest BCUT2D eigenvalue weighted by Gasteiger charge is 2.33. The summed E-state index contributed by atoms with van der Waals surface area (Å²) in [6.45, 7) is 7.16. The van der Waals surface area contributed by atoms with Crippen LogP contribution in [-0.2, 0) is 0 Å². The molecule has 29 heavy (non-hydrogen) atoms. The molecule has 4 rings (SSSR count). The van der Waals surface area contributed by atoms with E-state index in [0.717, 1.165) is 23.6 Å². The number of fused-ring (bicyclic) bond motifs is 1. The number of ether oxygens (including phenoxy) is 1. The monoisotopic (exact) mass is 396 g/mol. The van der Waals surface area contributed by atoms with Crippen LogP contribution >= 0.6 is 0 Å². The number of hydrogen-bond acceptors (Lipinski definition) is 4. The fourth-order valence-electron chi connectivity index (χ4n) is 5.01. The molecule has 0 radical (unpaired) electrons. The van der Waals surface area contributed by atoms with Gasteiger partial charge in [0.2, 0.25) is 0 Å². The van der Waals surface area contributed by atoms with Crippen molar-refractivity contribution >= 4 is 5.91 Å². The standard InChI is InChI=1S/C23H32N4O2/c1-16-13-17(2)27(25-16)21-14-18(9-10-22(21)29-3)23(28)24-15-19-7-6-12-26-11-5-4-8-20(19)26/h9-10,13-14,19-20H,4-8,11-12,15H2,1-3H3,(H,24,28)/t19-,20+/m0/s1. The highest BCUT2D eigenvalue weighted by molar-refractivity contribution is 5.95. The molecular weight excluding hydrogens is 364 g/mol. The minimum Gasteiger partial charge on any atom is -0.494 e. The van der Waals surface area contributed by atoms with Gasteiger partial charge in [-0.25, -0.2) is 4.68 Å². The van der Waals surface area contributed by atoms with E-state index in [4.69, 9.17) is 4.74 Å². The van der Waals surface area contributed by atoms with E-state index in [1.807, 2.05) is 42.8 Å². The summed E-state index contributed by atoms with van der Waals surface area (Å²) in [5.74, 6) is 1.24. The quantitative estimate of drug-likeness (QED) is 0.840. The van der Waals surface area contributed by atoms with Gasteiger partial charge in [-0.2, -0.15) is 5.10 Å². The second-order valence-corrected chi connectivity index (χ2v) is 8.44. The maximum atomic E-state index is 12.9. The molecule has 2 aliphatic rings. The van der Waals surface area contributed by atoms with E-state index in [2.05, 4.69) is 15.3 Å². The third-order valence-corrected chi connectivity index (χ3v) is 6.43. The van der Waals surface area contributed by atoms with Crippen molar-refractivity contribution in [2.75, 3.05) is 26.7 Å². The zero-order valence-electron chi connectivity index (χ0n) is 17.8. The van der Waals surface area contributed by atoms with Gasteiger partial charge >= 0.3 is 0 Å². The fraction of sp³-hybridized carbons (Fsp3) is 0.565. The summed E-state index contributed by atoms with van der Waals surface area (Å²) in [5.41, 5.74) is 3.39. The third-order valence-electron chi connectivity index (χ3n) is 6.43. The molecule has 0 saturated carbocycles. The lowest BCUT2D eigenvalue weighted by molar-refractivity contribution is 0.0575. The van der Waals surface area contributed by atoms with Crippen LogP contribution in [0, 0.1) is 19.8 Å². The van der Waals surface area contributed by atoms with Gasteiger partial charge in [0.05, 0.1) is 12.8 Å². The number of nitrogens with one attached hydrogen (secondary N) is 1. The Balaban J connectivity index is 1.49. The maximum Gasteiger partial charge on any atom is 0.251 e. The summed E-state index contributed by atoms with van der Waals surface area (Å²) >= 11 is 0. The van der Waals surface area contributed by atoms with Gasteiger partial charge in [0.25, 0.3) is 5.91 Å². The molecule has 2 saturated heterocycles. The van der Waals surface area contributed by atoms with E-state index in [1.54, 1.807) is 7.11 Å². The Morgan fingerprint density at radius 2 is 2.00 bits per heavy atom. The van der Waals surface area contributed by atoms with Gasteiger partial charge in [0, 0.05) is 23.8 Å². The van der Waals surface area contributed by atoms with Gasteiger partial charge in [-0.15, -0.1) is 0 Å². The summed E-state index contributed by atoms with van der Waals surface area (Å²) in [6, 6.07) is 8.22. The van der Waals surface area contributed by atoms with Crippen LogP contribution in [0.2, 0.25) is 0 Å². The van der Waals surface area contributed by atoms with Crippen LogP contribution in [0.25, 0.3) is 5.69 Å². The van der Waals surface area contributed by atoms with Gasteiger partial charge in [-0.05, 0) is 82.8 Å². The first kappa shape index (κ1) is 20.0. The molecule has 1 amide bonds. The molecule has 0 spiro atoms. The minimum absolute atomic E-state index is 0.0247. The predicted molar refractivity (Wildman–Crippen MR) is 114 cm³/mol. The molecule has 1 aromatic heterocycles. The molecule has 2 aromatic rings. The topological polar surface area (TPSA) is 59.4 Å². The second kappa shape index (κ2) is 8.57. The molecular formula is C23H32N4O2. The first-order chi connectivity index (χ1) is 14.1. The molecule has 1 N–H and O–H groups in total. The third kappa shape index (κ3) is 4.17. The Morgan fingerprint density at radius 1 is 1.17 bits per heavy atom. The largest absolute Gasteiger partial charge is 0.494 e. The van der Waals surface area contributed by atoms with Gasteiger partial charge in [-0.3, -0.25) is 4.79 Å². The Hall–Kier alpha value is -2.34. The highest BCUT2D eigenvalue weighted by Crippen LogP contribution is 2.30. The Bertz CT molecular complexity index is 874. The number of rotatable bonds is 5. The minimum atomic E-state index is -0.0247. The average molecular weight is 397 g/mol. The number of piperidine rings is 2. The smallest absolute Gasteiger partial charge is 0.251 e. The SMILES string of the molecule is COc1ccc(C(=O)NC[C@@H]2CCCN3CCCC[C@H]23)cc1-n1nc(C)cc1C. The fourth-order valence-corrected chi connectivity index (χ4v) is 5.01. The van der Waals surface area contributed by atoms with E-state index >= 15 is 0 Å². The van der Waals surface area contributed by atoms with Crippen LogP contribution in [0.1, 0.15) is 53.8 Å². The molecule has 0 aliphatic carbocycles.